The van der Waals surface area contributed by atoms with E-state index in [-0.39, 0.29) is 17.9 Å². The molecule has 2 N–H and O–H groups in total. The summed E-state index contributed by atoms with van der Waals surface area (Å²) in [7, 11) is 0. The van der Waals surface area contributed by atoms with Crippen LogP contribution in [0.2, 0.25) is 0 Å². The largest absolute Gasteiger partial charge is 0.341 e. The number of amides is 2. The van der Waals surface area contributed by atoms with E-state index in [9.17, 15) is 9.59 Å². The van der Waals surface area contributed by atoms with E-state index in [2.05, 4.69) is 0 Å². The number of thiophene rings is 1. The summed E-state index contributed by atoms with van der Waals surface area (Å²) in [5.74, 6) is 0.151. The zero-order chi connectivity index (χ0) is 14.5. The molecule has 2 amide bonds. The van der Waals surface area contributed by atoms with E-state index in [4.69, 9.17) is 5.73 Å². The van der Waals surface area contributed by atoms with Gasteiger partial charge in [0.1, 0.15) is 0 Å². The molecule has 1 aromatic heterocycles. The Morgan fingerprint density at radius 3 is 2.65 bits per heavy atom. The van der Waals surface area contributed by atoms with Crippen molar-refractivity contribution in [2.24, 2.45) is 5.73 Å². The van der Waals surface area contributed by atoms with Crippen LogP contribution in [0.3, 0.4) is 0 Å². The van der Waals surface area contributed by atoms with Crippen molar-refractivity contribution >= 4 is 23.2 Å². The molecule has 1 atom stereocenters. The second-order valence-corrected chi connectivity index (χ2v) is 6.00. The summed E-state index contributed by atoms with van der Waals surface area (Å²) < 4.78 is 0. The van der Waals surface area contributed by atoms with Gasteiger partial charge in [0.05, 0.1) is 5.56 Å². The molecule has 0 aromatic carbocycles. The van der Waals surface area contributed by atoms with Crippen LogP contribution in [0.15, 0.2) is 16.8 Å². The van der Waals surface area contributed by atoms with Gasteiger partial charge in [-0.3, -0.25) is 9.59 Å². The van der Waals surface area contributed by atoms with Gasteiger partial charge in [-0.1, -0.05) is 0 Å². The minimum Gasteiger partial charge on any atom is -0.341 e. The van der Waals surface area contributed by atoms with Crippen LogP contribution in [0, 0.1) is 0 Å². The normalized spacial score (nSPS) is 17.7. The molecule has 0 bridgehead atoms. The summed E-state index contributed by atoms with van der Waals surface area (Å²) in [5.41, 5.74) is 6.41. The summed E-state index contributed by atoms with van der Waals surface area (Å²) in [4.78, 5) is 27.9. The lowest BCUT2D eigenvalue weighted by Crippen LogP contribution is -2.38. The lowest BCUT2D eigenvalue weighted by Gasteiger charge is -2.22. The molecule has 1 aromatic rings. The van der Waals surface area contributed by atoms with Crippen LogP contribution in [-0.4, -0.2) is 53.8 Å². The number of rotatable bonds is 3. The highest BCUT2D eigenvalue weighted by molar-refractivity contribution is 7.08. The van der Waals surface area contributed by atoms with Crippen LogP contribution in [0.4, 0.5) is 0 Å². The third kappa shape index (κ3) is 3.80. The van der Waals surface area contributed by atoms with E-state index in [1.165, 1.54) is 11.3 Å². The molecule has 0 radical (unpaired) electrons. The maximum atomic E-state index is 12.3. The van der Waals surface area contributed by atoms with Gasteiger partial charge in [-0.25, -0.2) is 0 Å². The first-order chi connectivity index (χ1) is 9.58. The first-order valence-corrected chi connectivity index (χ1v) is 7.87. The van der Waals surface area contributed by atoms with Crippen LogP contribution in [0.25, 0.3) is 0 Å². The first kappa shape index (κ1) is 15.0. The molecule has 6 heteroatoms. The summed E-state index contributed by atoms with van der Waals surface area (Å²) >= 11 is 1.52. The molecule has 1 aliphatic rings. The van der Waals surface area contributed by atoms with E-state index in [0.717, 1.165) is 12.0 Å². The van der Waals surface area contributed by atoms with E-state index in [1.54, 1.807) is 0 Å². The van der Waals surface area contributed by atoms with Gasteiger partial charge >= 0.3 is 0 Å². The molecular weight excluding hydrogens is 274 g/mol. The van der Waals surface area contributed by atoms with Gasteiger partial charge in [-0.2, -0.15) is 11.3 Å². The molecule has 2 heterocycles. The van der Waals surface area contributed by atoms with Crippen molar-refractivity contribution < 1.29 is 9.59 Å². The van der Waals surface area contributed by atoms with Crippen molar-refractivity contribution in [2.75, 3.05) is 26.2 Å². The second-order valence-electron chi connectivity index (χ2n) is 5.22. The zero-order valence-electron chi connectivity index (χ0n) is 11.7. The summed E-state index contributed by atoms with van der Waals surface area (Å²) in [6, 6.07) is 1.73. The highest BCUT2D eigenvalue weighted by Gasteiger charge is 2.23. The van der Waals surface area contributed by atoms with Gasteiger partial charge < -0.3 is 15.5 Å². The molecule has 0 spiro atoms. The van der Waals surface area contributed by atoms with Crippen molar-refractivity contribution in [3.63, 3.8) is 0 Å². The maximum absolute atomic E-state index is 12.3. The Morgan fingerprint density at radius 1 is 1.30 bits per heavy atom. The third-order valence-corrected chi connectivity index (χ3v) is 4.08. The fraction of sp³-hybridized carbons (Fsp3) is 0.571. The molecular formula is C14H21N3O2S. The minimum absolute atomic E-state index is 0.0627. The van der Waals surface area contributed by atoms with Crippen molar-refractivity contribution in [2.45, 2.75) is 25.8 Å². The number of carbonyl (C=O) groups is 2. The molecule has 5 nitrogen and oxygen atoms in total. The van der Waals surface area contributed by atoms with E-state index in [0.29, 0.717) is 32.6 Å². The average Bonchev–Trinajstić information content (AvgIpc) is 2.81. The topological polar surface area (TPSA) is 66.6 Å². The molecule has 1 aliphatic heterocycles. The molecule has 2 rings (SSSR count). The molecule has 0 saturated carbocycles. The van der Waals surface area contributed by atoms with Crippen LogP contribution in [0.1, 0.15) is 30.1 Å². The zero-order valence-corrected chi connectivity index (χ0v) is 12.6. The second kappa shape index (κ2) is 6.85. The number of hydrogen-bond acceptors (Lipinski definition) is 4. The van der Waals surface area contributed by atoms with E-state index < -0.39 is 0 Å². The lowest BCUT2D eigenvalue weighted by atomic mass is 10.2. The van der Waals surface area contributed by atoms with Crippen molar-refractivity contribution in [1.29, 1.82) is 0 Å². The SMILES string of the molecule is CC(N)CC(=O)N1CCCN(C(=O)c2ccsc2)CC1. The van der Waals surface area contributed by atoms with Gasteiger partial charge in [0.15, 0.2) is 0 Å². The first-order valence-electron chi connectivity index (χ1n) is 6.92. The predicted molar refractivity (Wildman–Crippen MR) is 79.7 cm³/mol. The van der Waals surface area contributed by atoms with Gasteiger partial charge in [-0.05, 0) is 24.8 Å². The quantitative estimate of drug-likeness (QED) is 0.910. The number of nitrogens with zero attached hydrogens (tertiary/aromatic N) is 2. The Bertz CT molecular complexity index is 459. The molecule has 1 saturated heterocycles. The molecule has 110 valence electrons. The standard InChI is InChI=1S/C14H21N3O2S/c1-11(15)9-13(18)16-4-2-5-17(7-6-16)14(19)12-3-8-20-10-12/h3,8,10-11H,2,4-7,9,15H2,1H3. The van der Waals surface area contributed by atoms with Gasteiger partial charge in [0.25, 0.3) is 5.91 Å². The Morgan fingerprint density at radius 2 is 2.00 bits per heavy atom. The highest BCUT2D eigenvalue weighted by Crippen LogP contribution is 2.12. The molecule has 0 aliphatic carbocycles. The fourth-order valence-corrected chi connectivity index (χ4v) is 2.97. The van der Waals surface area contributed by atoms with E-state index >= 15 is 0 Å². The fourth-order valence-electron chi connectivity index (χ4n) is 2.34. The lowest BCUT2D eigenvalue weighted by molar-refractivity contribution is -0.131. The van der Waals surface area contributed by atoms with Crippen molar-refractivity contribution in [3.8, 4) is 0 Å². The van der Waals surface area contributed by atoms with E-state index in [1.807, 2.05) is 33.6 Å². The molecule has 20 heavy (non-hydrogen) atoms. The van der Waals surface area contributed by atoms with Crippen molar-refractivity contribution in [1.82, 2.24) is 9.80 Å². The summed E-state index contributed by atoms with van der Waals surface area (Å²) in [6.45, 7) is 4.44. The van der Waals surface area contributed by atoms with Crippen molar-refractivity contribution in [3.05, 3.63) is 22.4 Å². The Kier molecular flexibility index (Phi) is 5.14. The number of hydrogen-bond donors (Lipinski definition) is 1. The van der Waals surface area contributed by atoms with Gasteiger partial charge in [-0.15, -0.1) is 0 Å². The Balaban J connectivity index is 1.92. The highest BCUT2D eigenvalue weighted by atomic mass is 32.1. The van der Waals surface area contributed by atoms with Gasteiger partial charge in [0, 0.05) is 44.0 Å². The predicted octanol–water partition coefficient (Wildman–Crippen LogP) is 1.16. The Labute approximate surface area is 123 Å². The monoisotopic (exact) mass is 295 g/mol. The smallest absolute Gasteiger partial charge is 0.254 e. The summed E-state index contributed by atoms with van der Waals surface area (Å²) in [5, 5.41) is 3.77. The molecule has 1 unspecified atom stereocenters. The third-order valence-electron chi connectivity index (χ3n) is 3.40. The summed E-state index contributed by atoms with van der Waals surface area (Å²) in [6.07, 6.45) is 1.19. The average molecular weight is 295 g/mol. The molecule has 1 fully saturated rings. The maximum Gasteiger partial charge on any atom is 0.254 e. The minimum atomic E-state index is -0.116. The van der Waals surface area contributed by atoms with Crippen LogP contribution < -0.4 is 5.73 Å². The van der Waals surface area contributed by atoms with Crippen LogP contribution >= 0.6 is 11.3 Å². The number of nitrogens with two attached hydrogens (primary N) is 1. The van der Waals surface area contributed by atoms with Crippen LogP contribution in [0.5, 0.6) is 0 Å². The number of carbonyl (C=O) groups excluding carboxylic acids is 2. The van der Waals surface area contributed by atoms with Gasteiger partial charge in [0.2, 0.25) is 5.91 Å². The Hall–Kier alpha value is -1.40. The van der Waals surface area contributed by atoms with Crippen LogP contribution in [-0.2, 0) is 4.79 Å².